The number of rotatable bonds is 3. The van der Waals surface area contributed by atoms with E-state index in [0.717, 1.165) is 12.3 Å². The van der Waals surface area contributed by atoms with Crippen molar-refractivity contribution in [2.45, 2.75) is 13.1 Å². The zero-order chi connectivity index (χ0) is 10.7. The fraction of sp³-hybridized carbons (Fsp3) is 0.286. The van der Waals surface area contributed by atoms with E-state index in [-0.39, 0.29) is 0 Å². The van der Waals surface area contributed by atoms with Crippen molar-refractivity contribution in [2.24, 2.45) is 0 Å². The van der Waals surface area contributed by atoms with Gasteiger partial charge in [0.25, 0.3) is 6.43 Å². The van der Waals surface area contributed by atoms with Gasteiger partial charge in [-0.05, 0) is 16.0 Å². The Morgan fingerprint density at radius 2 is 2.21 bits per heavy atom. The van der Waals surface area contributed by atoms with Gasteiger partial charge in [0, 0.05) is 5.56 Å². The first-order valence-corrected chi connectivity index (χ1v) is 3.54. The number of nitrogens with zero attached hydrogens (tertiary/aromatic N) is 2. The van der Waals surface area contributed by atoms with Gasteiger partial charge in [0.2, 0.25) is 0 Å². The smallest absolute Gasteiger partial charge is 0.358 e. The van der Waals surface area contributed by atoms with Gasteiger partial charge in [0.15, 0.2) is 0 Å². The molecule has 7 heteroatoms. The summed E-state index contributed by atoms with van der Waals surface area (Å²) in [5.74, 6) is -0.991. The first-order valence-electron chi connectivity index (χ1n) is 3.54. The Labute approximate surface area is 76.5 Å². The van der Waals surface area contributed by atoms with Crippen molar-refractivity contribution >= 4 is 5.82 Å². The summed E-state index contributed by atoms with van der Waals surface area (Å²) in [6.07, 6.45) is -2.17. The number of pyridine rings is 1. The first kappa shape index (κ1) is 10.4. The number of alkyl halides is 3. The maximum atomic E-state index is 12.3. The van der Waals surface area contributed by atoms with E-state index in [9.17, 15) is 23.3 Å². The Bertz CT molecular complexity index is 357. The highest BCUT2D eigenvalue weighted by molar-refractivity contribution is 5.39. The summed E-state index contributed by atoms with van der Waals surface area (Å²) >= 11 is 0. The number of nitro groups is 1. The fourth-order valence-corrected chi connectivity index (χ4v) is 1.00. The maximum absolute atomic E-state index is 12.3. The molecule has 0 atom stereocenters. The zero-order valence-corrected chi connectivity index (χ0v) is 6.78. The van der Waals surface area contributed by atoms with Crippen molar-refractivity contribution in [1.82, 2.24) is 4.98 Å². The highest BCUT2D eigenvalue weighted by Crippen LogP contribution is 2.30. The molecule has 0 amide bonds. The Hall–Kier alpha value is -1.66. The molecule has 4 nitrogen and oxygen atoms in total. The molecular formula is C7H5F3N2O2. The van der Waals surface area contributed by atoms with Crippen LogP contribution < -0.4 is 0 Å². The maximum Gasteiger partial charge on any atom is 0.372 e. The van der Waals surface area contributed by atoms with E-state index in [1.54, 1.807) is 0 Å². The highest BCUT2D eigenvalue weighted by atomic mass is 19.3. The molecule has 0 saturated carbocycles. The van der Waals surface area contributed by atoms with Crippen LogP contribution in [0.1, 0.15) is 17.6 Å². The summed E-state index contributed by atoms with van der Waals surface area (Å²) in [6.45, 7) is -1.18. The predicted octanol–water partition coefficient (Wildman–Crippen LogP) is 2.40. The SMILES string of the molecule is O=[N+]([O-])c1nccc(CF)c1C(F)F. The number of hydrogen-bond donors (Lipinski definition) is 0. The Morgan fingerprint density at radius 1 is 1.57 bits per heavy atom. The Morgan fingerprint density at radius 3 is 2.64 bits per heavy atom. The van der Waals surface area contributed by atoms with E-state index in [4.69, 9.17) is 0 Å². The van der Waals surface area contributed by atoms with Crippen LogP contribution in [0.25, 0.3) is 0 Å². The standard InChI is InChI=1S/C7H5F3N2O2/c8-3-4-1-2-11-7(12(13)14)5(4)6(9)10/h1-2,6H,3H2. The molecule has 0 unspecified atom stereocenters. The molecule has 0 fully saturated rings. The summed E-state index contributed by atoms with van der Waals surface area (Å²) in [7, 11) is 0. The van der Waals surface area contributed by atoms with Crippen molar-refractivity contribution < 1.29 is 18.1 Å². The van der Waals surface area contributed by atoms with E-state index in [2.05, 4.69) is 4.98 Å². The van der Waals surface area contributed by atoms with Crippen LogP contribution in [-0.4, -0.2) is 9.91 Å². The summed E-state index contributed by atoms with van der Waals surface area (Å²) in [5.41, 5.74) is -1.35. The van der Waals surface area contributed by atoms with Crippen molar-refractivity contribution in [2.75, 3.05) is 0 Å². The van der Waals surface area contributed by atoms with Gasteiger partial charge in [0.05, 0.1) is 0 Å². The molecular weight excluding hydrogens is 201 g/mol. The van der Waals surface area contributed by atoms with Gasteiger partial charge in [0.1, 0.15) is 18.4 Å². The molecule has 0 spiro atoms. The van der Waals surface area contributed by atoms with Crippen LogP contribution in [0.5, 0.6) is 0 Å². The van der Waals surface area contributed by atoms with Crippen LogP contribution >= 0.6 is 0 Å². The minimum atomic E-state index is -3.10. The van der Waals surface area contributed by atoms with E-state index < -0.39 is 35.0 Å². The van der Waals surface area contributed by atoms with Gasteiger partial charge >= 0.3 is 5.82 Å². The molecule has 0 aliphatic carbocycles. The topological polar surface area (TPSA) is 56.0 Å². The van der Waals surface area contributed by atoms with Gasteiger partial charge in [-0.1, -0.05) is 0 Å². The Kier molecular flexibility index (Phi) is 3.00. The second-order valence-electron chi connectivity index (χ2n) is 2.40. The summed E-state index contributed by atoms with van der Waals surface area (Å²) in [6, 6.07) is 0.995. The fourth-order valence-electron chi connectivity index (χ4n) is 1.00. The zero-order valence-electron chi connectivity index (χ0n) is 6.78. The minimum Gasteiger partial charge on any atom is -0.358 e. The molecule has 76 valence electrons. The summed E-state index contributed by atoms with van der Waals surface area (Å²) in [5, 5.41) is 10.3. The molecule has 1 heterocycles. The van der Waals surface area contributed by atoms with Crippen LogP contribution in [0, 0.1) is 10.1 Å². The summed E-state index contributed by atoms with van der Waals surface area (Å²) in [4.78, 5) is 12.4. The molecule has 0 radical (unpaired) electrons. The van der Waals surface area contributed by atoms with Crippen LogP contribution in [0.2, 0.25) is 0 Å². The lowest BCUT2D eigenvalue weighted by molar-refractivity contribution is -0.391. The quantitative estimate of drug-likeness (QED) is 0.563. The lowest BCUT2D eigenvalue weighted by Gasteiger charge is -2.04. The van der Waals surface area contributed by atoms with E-state index in [1.165, 1.54) is 0 Å². The molecule has 0 N–H and O–H groups in total. The monoisotopic (exact) mass is 206 g/mol. The number of aromatic nitrogens is 1. The predicted molar refractivity (Wildman–Crippen MR) is 40.7 cm³/mol. The third-order valence-corrected chi connectivity index (χ3v) is 1.59. The molecule has 1 aromatic heterocycles. The minimum absolute atomic E-state index is 0.401. The lowest BCUT2D eigenvalue weighted by atomic mass is 10.1. The van der Waals surface area contributed by atoms with E-state index in [0.29, 0.717) is 0 Å². The number of hydrogen-bond acceptors (Lipinski definition) is 3. The van der Waals surface area contributed by atoms with Crippen LogP contribution in [-0.2, 0) is 6.67 Å². The Balaban J connectivity index is 3.35. The summed E-state index contributed by atoms with van der Waals surface area (Å²) < 4.78 is 36.9. The van der Waals surface area contributed by atoms with Gasteiger partial charge in [-0.15, -0.1) is 0 Å². The van der Waals surface area contributed by atoms with Crippen LogP contribution in [0.3, 0.4) is 0 Å². The third kappa shape index (κ3) is 1.81. The highest BCUT2D eigenvalue weighted by Gasteiger charge is 2.26. The second-order valence-corrected chi connectivity index (χ2v) is 2.40. The van der Waals surface area contributed by atoms with Gasteiger partial charge in [-0.3, -0.25) is 0 Å². The molecule has 0 aromatic carbocycles. The van der Waals surface area contributed by atoms with Gasteiger partial charge < -0.3 is 10.1 Å². The molecule has 14 heavy (non-hydrogen) atoms. The second kappa shape index (κ2) is 4.03. The molecule has 0 aliphatic rings. The molecule has 1 rings (SSSR count). The molecule has 0 aliphatic heterocycles. The van der Waals surface area contributed by atoms with Crippen molar-refractivity contribution in [3.8, 4) is 0 Å². The average Bonchev–Trinajstić information content (AvgIpc) is 2.16. The first-order chi connectivity index (χ1) is 6.57. The van der Waals surface area contributed by atoms with Gasteiger partial charge in [-0.2, -0.15) is 0 Å². The van der Waals surface area contributed by atoms with Crippen molar-refractivity contribution in [3.63, 3.8) is 0 Å². The van der Waals surface area contributed by atoms with Crippen LogP contribution in [0.15, 0.2) is 12.3 Å². The lowest BCUT2D eigenvalue weighted by Crippen LogP contribution is -2.02. The van der Waals surface area contributed by atoms with Crippen molar-refractivity contribution in [1.29, 1.82) is 0 Å². The molecule has 1 aromatic rings. The van der Waals surface area contributed by atoms with E-state index in [1.807, 2.05) is 0 Å². The molecule has 0 saturated heterocycles. The molecule has 0 bridgehead atoms. The van der Waals surface area contributed by atoms with E-state index >= 15 is 0 Å². The van der Waals surface area contributed by atoms with Crippen molar-refractivity contribution in [3.05, 3.63) is 33.5 Å². The van der Waals surface area contributed by atoms with Gasteiger partial charge in [-0.25, -0.2) is 13.2 Å². The third-order valence-electron chi connectivity index (χ3n) is 1.59. The van der Waals surface area contributed by atoms with Crippen LogP contribution in [0.4, 0.5) is 19.0 Å². The average molecular weight is 206 g/mol. The number of halogens is 3. The normalized spacial score (nSPS) is 10.6. The largest absolute Gasteiger partial charge is 0.372 e.